The van der Waals surface area contributed by atoms with Gasteiger partial charge >= 0.3 is 6.09 Å². The van der Waals surface area contributed by atoms with Crippen molar-refractivity contribution in [3.63, 3.8) is 0 Å². The highest BCUT2D eigenvalue weighted by molar-refractivity contribution is 5.89. The van der Waals surface area contributed by atoms with Crippen molar-refractivity contribution in [1.82, 2.24) is 0 Å². The molecule has 1 aliphatic heterocycles. The number of nitrogens with zero attached hydrogens (tertiary/aromatic N) is 2. The number of benzene rings is 2. The molecule has 1 heterocycles. The first-order valence-corrected chi connectivity index (χ1v) is 10.1. The molecule has 2 aromatic rings. The lowest BCUT2D eigenvalue weighted by Crippen LogP contribution is -2.41. The molecule has 0 bridgehead atoms. The van der Waals surface area contributed by atoms with Crippen LogP contribution in [-0.2, 0) is 17.7 Å². The van der Waals surface area contributed by atoms with E-state index in [-0.39, 0.29) is 12.1 Å². The van der Waals surface area contributed by atoms with Crippen molar-refractivity contribution >= 4 is 17.5 Å². The summed E-state index contributed by atoms with van der Waals surface area (Å²) in [5, 5.41) is 0. The average molecular weight is 364 g/mol. The van der Waals surface area contributed by atoms with E-state index < -0.39 is 0 Å². The third-order valence-electron chi connectivity index (χ3n) is 5.86. The predicted molar refractivity (Wildman–Crippen MR) is 109 cm³/mol. The Labute approximate surface area is 161 Å². The Morgan fingerprint density at radius 2 is 1.89 bits per heavy atom. The number of amides is 1. The van der Waals surface area contributed by atoms with Crippen molar-refractivity contribution in [3.8, 4) is 0 Å². The van der Waals surface area contributed by atoms with Gasteiger partial charge in [-0.25, -0.2) is 4.79 Å². The van der Waals surface area contributed by atoms with Gasteiger partial charge in [0, 0.05) is 30.5 Å². The van der Waals surface area contributed by atoms with Gasteiger partial charge in [-0.15, -0.1) is 0 Å². The Kier molecular flexibility index (Phi) is 5.33. The maximum Gasteiger partial charge on any atom is 0.414 e. The van der Waals surface area contributed by atoms with Crippen LogP contribution in [0.15, 0.2) is 48.5 Å². The summed E-state index contributed by atoms with van der Waals surface area (Å²) in [4.78, 5) is 16.8. The SMILES string of the molecule is COC(=O)N(c1ccc2c(c1)CCN2Cc1ccccc1)C1CCCCC1. The monoisotopic (exact) mass is 364 g/mol. The third kappa shape index (κ3) is 3.80. The van der Waals surface area contributed by atoms with E-state index in [1.54, 1.807) is 0 Å². The Morgan fingerprint density at radius 3 is 2.63 bits per heavy atom. The quantitative estimate of drug-likeness (QED) is 0.752. The van der Waals surface area contributed by atoms with Crippen LogP contribution >= 0.6 is 0 Å². The van der Waals surface area contributed by atoms with Gasteiger partial charge in [0.1, 0.15) is 0 Å². The second kappa shape index (κ2) is 8.03. The number of fused-ring (bicyclic) bond motifs is 1. The van der Waals surface area contributed by atoms with Gasteiger partial charge in [0.15, 0.2) is 0 Å². The maximum atomic E-state index is 12.5. The molecule has 0 N–H and O–H groups in total. The number of carbonyl (C=O) groups is 1. The van der Waals surface area contributed by atoms with Crippen molar-refractivity contribution in [2.75, 3.05) is 23.5 Å². The largest absolute Gasteiger partial charge is 0.452 e. The zero-order valence-corrected chi connectivity index (χ0v) is 16.1. The van der Waals surface area contributed by atoms with Gasteiger partial charge < -0.3 is 9.64 Å². The lowest BCUT2D eigenvalue weighted by Gasteiger charge is -2.33. The molecule has 4 heteroatoms. The highest BCUT2D eigenvalue weighted by Gasteiger charge is 2.29. The van der Waals surface area contributed by atoms with Crippen molar-refractivity contribution < 1.29 is 9.53 Å². The van der Waals surface area contributed by atoms with E-state index in [0.29, 0.717) is 0 Å². The Balaban J connectivity index is 1.57. The van der Waals surface area contributed by atoms with Crippen LogP contribution in [0.5, 0.6) is 0 Å². The van der Waals surface area contributed by atoms with Crippen molar-refractivity contribution in [3.05, 3.63) is 59.7 Å². The van der Waals surface area contributed by atoms with Crippen molar-refractivity contribution in [1.29, 1.82) is 0 Å². The molecular weight excluding hydrogens is 336 g/mol. The van der Waals surface area contributed by atoms with Crippen LogP contribution in [0.25, 0.3) is 0 Å². The highest BCUT2D eigenvalue weighted by Crippen LogP contribution is 2.35. The molecule has 2 aliphatic rings. The minimum absolute atomic E-state index is 0.235. The Morgan fingerprint density at radius 1 is 1.11 bits per heavy atom. The van der Waals surface area contributed by atoms with E-state index in [1.165, 1.54) is 43.2 Å². The summed E-state index contributed by atoms with van der Waals surface area (Å²) in [6.45, 7) is 1.95. The third-order valence-corrected chi connectivity index (χ3v) is 5.86. The average Bonchev–Trinajstić information content (AvgIpc) is 3.12. The second-order valence-corrected chi connectivity index (χ2v) is 7.60. The molecule has 4 rings (SSSR count). The lowest BCUT2D eigenvalue weighted by atomic mass is 9.94. The molecule has 1 saturated carbocycles. The van der Waals surface area contributed by atoms with Crippen LogP contribution in [0.4, 0.5) is 16.2 Å². The van der Waals surface area contributed by atoms with E-state index >= 15 is 0 Å². The molecule has 27 heavy (non-hydrogen) atoms. The van der Waals surface area contributed by atoms with Crippen molar-refractivity contribution in [2.24, 2.45) is 0 Å². The molecular formula is C23H28N2O2. The summed E-state index contributed by atoms with van der Waals surface area (Å²) >= 11 is 0. The predicted octanol–water partition coefficient (Wildman–Crippen LogP) is 5.15. The standard InChI is InChI=1S/C23H28N2O2/c1-27-23(26)25(20-10-6-3-7-11-20)21-12-13-22-19(16-21)14-15-24(22)17-18-8-4-2-5-9-18/h2,4-5,8-9,12-13,16,20H,3,6-7,10-11,14-15,17H2,1H3. The van der Waals surface area contributed by atoms with Gasteiger partial charge in [0.25, 0.3) is 0 Å². The molecule has 1 aliphatic carbocycles. The smallest absolute Gasteiger partial charge is 0.414 e. The number of carbonyl (C=O) groups excluding carboxylic acids is 1. The minimum atomic E-state index is -0.235. The number of ether oxygens (including phenoxy) is 1. The Hall–Kier alpha value is -2.49. The lowest BCUT2D eigenvalue weighted by molar-refractivity contribution is 0.173. The zero-order valence-electron chi connectivity index (χ0n) is 16.1. The van der Waals surface area contributed by atoms with Gasteiger partial charge in [-0.3, -0.25) is 4.90 Å². The summed E-state index contributed by atoms with van der Waals surface area (Å²) in [6.07, 6.45) is 6.56. The summed E-state index contributed by atoms with van der Waals surface area (Å²) in [5.74, 6) is 0. The topological polar surface area (TPSA) is 32.8 Å². The number of methoxy groups -OCH3 is 1. The van der Waals surface area contributed by atoms with Gasteiger partial charge in [0.05, 0.1) is 7.11 Å². The van der Waals surface area contributed by atoms with Crippen LogP contribution < -0.4 is 9.80 Å². The van der Waals surface area contributed by atoms with Crippen LogP contribution in [0.2, 0.25) is 0 Å². The van der Waals surface area contributed by atoms with Gasteiger partial charge in [0.2, 0.25) is 0 Å². The van der Waals surface area contributed by atoms with E-state index in [4.69, 9.17) is 4.74 Å². The van der Waals surface area contributed by atoms with E-state index in [0.717, 1.165) is 38.0 Å². The fourth-order valence-corrected chi connectivity index (χ4v) is 4.48. The fourth-order valence-electron chi connectivity index (χ4n) is 4.48. The Bertz CT molecular complexity index is 784. The van der Waals surface area contributed by atoms with E-state index in [9.17, 15) is 4.79 Å². The van der Waals surface area contributed by atoms with Crippen LogP contribution in [0, 0.1) is 0 Å². The minimum Gasteiger partial charge on any atom is -0.452 e. The van der Waals surface area contributed by atoms with Gasteiger partial charge in [-0.05, 0) is 48.6 Å². The van der Waals surface area contributed by atoms with Gasteiger partial charge in [-0.2, -0.15) is 0 Å². The molecule has 1 amide bonds. The summed E-state index contributed by atoms with van der Waals surface area (Å²) in [5.41, 5.74) is 4.92. The first-order chi connectivity index (χ1) is 13.3. The van der Waals surface area contributed by atoms with Crippen LogP contribution in [0.1, 0.15) is 43.2 Å². The summed E-state index contributed by atoms with van der Waals surface area (Å²) in [6, 6.07) is 17.3. The second-order valence-electron chi connectivity index (χ2n) is 7.60. The molecule has 1 fully saturated rings. The number of rotatable bonds is 4. The fraction of sp³-hybridized carbons (Fsp3) is 0.435. The molecule has 0 aromatic heterocycles. The first-order valence-electron chi connectivity index (χ1n) is 10.1. The zero-order chi connectivity index (χ0) is 18.6. The summed E-state index contributed by atoms with van der Waals surface area (Å²) < 4.78 is 5.12. The molecule has 0 unspecified atom stereocenters. The highest BCUT2D eigenvalue weighted by atomic mass is 16.5. The number of anilines is 2. The first kappa shape index (κ1) is 17.9. The van der Waals surface area contributed by atoms with E-state index in [1.807, 2.05) is 4.90 Å². The van der Waals surface area contributed by atoms with Crippen LogP contribution in [-0.4, -0.2) is 25.8 Å². The molecule has 4 nitrogen and oxygen atoms in total. The maximum absolute atomic E-state index is 12.5. The molecule has 0 radical (unpaired) electrons. The van der Waals surface area contributed by atoms with Crippen molar-refractivity contribution in [2.45, 2.75) is 51.1 Å². The van der Waals surface area contributed by atoms with E-state index in [2.05, 4.69) is 53.4 Å². The molecule has 2 aromatic carbocycles. The molecule has 0 saturated heterocycles. The number of hydrogen-bond donors (Lipinski definition) is 0. The van der Waals surface area contributed by atoms with Gasteiger partial charge in [-0.1, -0.05) is 49.6 Å². The summed E-state index contributed by atoms with van der Waals surface area (Å²) in [7, 11) is 1.48. The molecule has 0 spiro atoms. The van der Waals surface area contributed by atoms with Crippen LogP contribution in [0.3, 0.4) is 0 Å². The molecule has 0 atom stereocenters. The normalized spacial score (nSPS) is 16.9. The molecule has 142 valence electrons. The number of hydrogen-bond acceptors (Lipinski definition) is 3.